The number of carbonyl (C=O) groups is 1. The summed E-state index contributed by atoms with van der Waals surface area (Å²) in [5.74, 6) is -0.480. The number of nitrogens with two attached hydrogens (primary N) is 1. The predicted molar refractivity (Wildman–Crippen MR) is 78.8 cm³/mol. The summed E-state index contributed by atoms with van der Waals surface area (Å²) in [7, 11) is 0. The highest BCUT2D eigenvalue weighted by atomic mass is 35.5. The molecule has 0 saturated carbocycles. The maximum Gasteiger partial charge on any atom is 0.248 e. The van der Waals surface area contributed by atoms with E-state index in [1.54, 1.807) is 18.5 Å². The van der Waals surface area contributed by atoms with Crippen molar-refractivity contribution in [3.8, 4) is 0 Å². The van der Waals surface area contributed by atoms with Crippen LogP contribution in [-0.4, -0.2) is 15.5 Å². The summed E-state index contributed by atoms with van der Waals surface area (Å²) in [6.07, 6.45) is 1.78. The van der Waals surface area contributed by atoms with E-state index < -0.39 is 5.91 Å². The van der Waals surface area contributed by atoms with Crippen molar-refractivity contribution in [2.24, 2.45) is 5.73 Å². The molecule has 4 nitrogen and oxygen atoms in total. The minimum Gasteiger partial charge on any atom is -0.366 e. The molecule has 0 radical (unpaired) electrons. The van der Waals surface area contributed by atoms with Crippen molar-refractivity contribution in [3.63, 3.8) is 0 Å². The molecule has 0 aliphatic carbocycles. The lowest BCUT2D eigenvalue weighted by Gasteiger charge is -2.07. The zero-order valence-corrected chi connectivity index (χ0v) is 11.3. The molecule has 0 unspecified atom stereocenters. The van der Waals surface area contributed by atoms with Gasteiger partial charge in [-0.1, -0.05) is 29.8 Å². The number of fused-ring (bicyclic) bond motifs is 1. The average Bonchev–Trinajstić information content (AvgIpc) is 2.84. The Labute approximate surface area is 120 Å². The normalized spacial score (nSPS) is 10.8. The molecular formula is C15H12ClN3O. The van der Waals surface area contributed by atoms with Gasteiger partial charge in [-0.2, -0.15) is 0 Å². The molecular weight excluding hydrogens is 274 g/mol. The summed E-state index contributed by atoms with van der Waals surface area (Å²) in [4.78, 5) is 15.4. The molecule has 0 fully saturated rings. The van der Waals surface area contributed by atoms with Gasteiger partial charge < -0.3 is 10.3 Å². The minimum atomic E-state index is -0.480. The molecule has 2 N–H and O–H groups in total. The SMILES string of the molecule is NC(=O)c1ccc(Cn2cnc3ccccc32)c(Cl)c1. The highest BCUT2D eigenvalue weighted by Crippen LogP contribution is 2.21. The maximum atomic E-state index is 11.1. The summed E-state index contributed by atoms with van der Waals surface area (Å²) in [5.41, 5.74) is 8.54. The van der Waals surface area contributed by atoms with Crippen molar-refractivity contribution in [1.29, 1.82) is 0 Å². The van der Waals surface area contributed by atoms with Gasteiger partial charge in [-0.15, -0.1) is 0 Å². The number of hydrogen-bond donors (Lipinski definition) is 1. The lowest BCUT2D eigenvalue weighted by atomic mass is 10.1. The van der Waals surface area contributed by atoms with Crippen molar-refractivity contribution in [1.82, 2.24) is 9.55 Å². The van der Waals surface area contributed by atoms with Crippen LogP contribution in [0.4, 0.5) is 0 Å². The maximum absolute atomic E-state index is 11.1. The van der Waals surface area contributed by atoms with E-state index in [1.165, 1.54) is 0 Å². The first-order valence-corrected chi connectivity index (χ1v) is 6.51. The fraction of sp³-hybridized carbons (Fsp3) is 0.0667. The summed E-state index contributed by atoms with van der Waals surface area (Å²) in [6, 6.07) is 13.0. The van der Waals surface area contributed by atoms with Crippen LogP contribution in [0, 0.1) is 0 Å². The number of hydrogen-bond acceptors (Lipinski definition) is 2. The van der Waals surface area contributed by atoms with E-state index in [2.05, 4.69) is 4.98 Å². The Morgan fingerprint density at radius 2 is 2.05 bits per heavy atom. The smallest absolute Gasteiger partial charge is 0.248 e. The Bertz CT molecular complexity index is 795. The van der Waals surface area contributed by atoms with Gasteiger partial charge in [0.15, 0.2) is 0 Å². The first-order valence-electron chi connectivity index (χ1n) is 6.13. The summed E-state index contributed by atoms with van der Waals surface area (Å²) >= 11 is 6.20. The van der Waals surface area contributed by atoms with E-state index in [0.717, 1.165) is 16.6 Å². The number of rotatable bonds is 3. The molecule has 0 saturated heterocycles. The minimum absolute atomic E-state index is 0.411. The van der Waals surface area contributed by atoms with Gasteiger partial charge >= 0.3 is 0 Å². The summed E-state index contributed by atoms with van der Waals surface area (Å²) in [5, 5.41) is 0.527. The predicted octanol–water partition coefficient (Wildman–Crippen LogP) is 2.84. The fourth-order valence-electron chi connectivity index (χ4n) is 2.15. The number of amides is 1. The average molecular weight is 286 g/mol. The van der Waals surface area contributed by atoms with E-state index in [0.29, 0.717) is 17.1 Å². The Kier molecular flexibility index (Phi) is 3.16. The third-order valence-electron chi connectivity index (χ3n) is 3.21. The van der Waals surface area contributed by atoms with Gasteiger partial charge in [0.2, 0.25) is 5.91 Å². The largest absolute Gasteiger partial charge is 0.366 e. The van der Waals surface area contributed by atoms with Gasteiger partial charge in [-0.05, 0) is 29.8 Å². The third-order valence-corrected chi connectivity index (χ3v) is 3.56. The van der Waals surface area contributed by atoms with Gasteiger partial charge in [-0.3, -0.25) is 4.79 Å². The van der Waals surface area contributed by atoms with Crippen molar-refractivity contribution < 1.29 is 4.79 Å². The number of benzene rings is 2. The molecule has 0 atom stereocenters. The van der Waals surface area contributed by atoms with E-state index >= 15 is 0 Å². The molecule has 20 heavy (non-hydrogen) atoms. The molecule has 0 aliphatic rings. The number of primary amides is 1. The van der Waals surface area contributed by atoms with Crippen LogP contribution in [0.25, 0.3) is 11.0 Å². The number of carbonyl (C=O) groups excluding carboxylic acids is 1. The van der Waals surface area contributed by atoms with Crippen LogP contribution < -0.4 is 5.73 Å². The lowest BCUT2D eigenvalue weighted by molar-refractivity contribution is 0.100. The number of para-hydroxylation sites is 2. The van der Waals surface area contributed by atoms with E-state index in [9.17, 15) is 4.79 Å². The lowest BCUT2D eigenvalue weighted by Crippen LogP contribution is -2.11. The van der Waals surface area contributed by atoms with Crippen molar-refractivity contribution in [3.05, 3.63) is 64.9 Å². The van der Waals surface area contributed by atoms with Crippen molar-refractivity contribution >= 4 is 28.5 Å². The standard InChI is InChI=1S/C15H12ClN3O/c16-12-7-10(15(17)20)5-6-11(12)8-19-9-18-13-3-1-2-4-14(13)19/h1-7,9H,8H2,(H2,17,20). The Hall–Kier alpha value is -2.33. The highest BCUT2D eigenvalue weighted by molar-refractivity contribution is 6.31. The van der Waals surface area contributed by atoms with Crippen LogP contribution >= 0.6 is 11.6 Å². The van der Waals surface area contributed by atoms with Crippen LogP contribution in [0.15, 0.2) is 48.8 Å². The number of imidazole rings is 1. The molecule has 2 aromatic carbocycles. The molecule has 5 heteroatoms. The number of halogens is 1. The second-order valence-corrected chi connectivity index (χ2v) is 4.94. The van der Waals surface area contributed by atoms with Gasteiger partial charge in [0.05, 0.1) is 23.9 Å². The third kappa shape index (κ3) is 2.26. The van der Waals surface area contributed by atoms with E-state index in [-0.39, 0.29) is 0 Å². The van der Waals surface area contributed by atoms with Crippen LogP contribution in [0.5, 0.6) is 0 Å². The molecule has 1 heterocycles. The van der Waals surface area contributed by atoms with Crippen LogP contribution in [0.2, 0.25) is 5.02 Å². The molecule has 3 rings (SSSR count). The first-order chi connectivity index (χ1) is 9.65. The van der Waals surface area contributed by atoms with Gasteiger partial charge in [0.1, 0.15) is 0 Å². The quantitative estimate of drug-likeness (QED) is 0.804. The van der Waals surface area contributed by atoms with Gasteiger partial charge in [0.25, 0.3) is 0 Å². The van der Waals surface area contributed by atoms with Crippen molar-refractivity contribution in [2.45, 2.75) is 6.54 Å². The molecule has 1 aromatic heterocycles. The molecule has 3 aromatic rings. The van der Waals surface area contributed by atoms with E-state index in [4.69, 9.17) is 17.3 Å². The van der Waals surface area contributed by atoms with Crippen LogP contribution in [0.1, 0.15) is 15.9 Å². The zero-order valence-electron chi connectivity index (χ0n) is 10.6. The molecule has 0 aliphatic heterocycles. The first kappa shape index (κ1) is 12.7. The van der Waals surface area contributed by atoms with Gasteiger partial charge in [0, 0.05) is 10.6 Å². The Morgan fingerprint density at radius 3 is 2.80 bits per heavy atom. The van der Waals surface area contributed by atoms with Crippen LogP contribution in [0.3, 0.4) is 0 Å². The zero-order chi connectivity index (χ0) is 14.1. The second kappa shape index (κ2) is 4.98. The summed E-state index contributed by atoms with van der Waals surface area (Å²) in [6.45, 7) is 0.596. The highest BCUT2D eigenvalue weighted by Gasteiger charge is 2.08. The second-order valence-electron chi connectivity index (χ2n) is 4.53. The summed E-state index contributed by atoms with van der Waals surface area (Å²) < 4.78 is 2.01. The van der Waals surface area contributed by atoms with Crippen LogP contribution in [-0.2, 0) is 6.54 Å². The number of nitrogens with zero attached hydrogens (tertiary/aromatic N) is 2. The Balaban J connectivity index is 1.97. The molecule has 100 valence electrons. The topological polar surface area (TPSA) is 60.9 Å². The number of aromatic nitrogens is 2. The monoisotopic (exact) mass is 285 g/mol. The van der Waals surface area contributed by atoms with Crippen molar-refractivity contribution in [2.75, 3.05) is 0 Å². The van der Waals surface area contributed by atoms with E-state index in [1.807, 2.05) is 34.9 Å². The fourth-order valence-corrected chi connectivity index (χ4v) is 2.39. The molecule has 1 amide bonds. The molecule has 0 spiro atoms. The Morgan fingerprint density at radius 1 is 1.25 bits per heavy atom. The van der Waals surface area contributed by atoms with Gasteiger partial charge in [-0.25, -0.2) is 4.98 Å². The molecule has 0 bridgehead atoms.